The van der Waals surface area contributed by atoms with Gasteiger partial charge in [-0.25, -0.2) is 0 Å². The van der Waals surface area contributed by atoms with Gasteiger partial charge in [0.25, 0.3) is 5.56 Å². The quantitative estimate of drug-likeness (QED) is 0.802. The zero-order chi connectivity index (χ0) is 17.0. The highest BCUT2D eigenvalue weighted by Crippen LogP contribution is 2.32. The van der Waals surface area contributed by atoms with E-state index in [-0.39, 0.29) is 5.75 Å². The highest BCUT2D eigenvalue weighted by Gasteiger charge is 2.15. The van der Waals surface area contributed by atoms with E-state index < -0.39 is 11.0 Å². The average Bonchev–Trinajstić information content (AvgIpc) is 2.61. The number of hydrogen-bond donors (Lipinski definition) is 2. The first-order chi connectivity index (χ1) is 11.0. The molecule has 0 saturated heterocycles. The molecule has 0 amide bonds. The molecule has 0 saturated carbocycles. The van der Waals surface area contributed by atoms with Gasteiger partial charge in [0.1, 0.15) is 5.75 Å². The summed E-state index contributed by atoms with van der Waals surface area (Å²) in [5.74, 6) is -0.0953. The Morgan fingerprint density at radius 2 is 1.52 bits per heavy atom. The molecule has 23 heavy (non-hydrogen) atoms. The van der Waals surface area contributed by atoms with E-state index in [0.29, 0.717) is 10.9 Å². The molecule has 1 heterocycles. The van der Waals surface area contributed by atoms with Gasteiger partial charge < -0.3 is 10.1 Å². The van der Waals surface area contributed by atoms with Crippen molar-refractivity contribution in [2.75, 3.05) is 0 Å². The topological polar surface area (TPSA) is 70.2 Å². The molecular weight excluding hydrogens is 290 g/mol. The van der Waals surface area contributed by atoms with Crippen molar-refractivity contribution < 1.29 is 5.11 Å². The molecule has 1 aromatic carbocycles. The molecule has 2 aromatic rings. The molecule has 0 aliphatic heterocycles. The number of hydrogen-bond acceptors (Lipinski definition) is 3. The number of aromatic nitrogens is 1. The minimum absolute atomic E-state index is 0.0953. The lowest BCUT2D eigenvalue weighted by molar-refractivity contribution is 0.481. The predicted molar refractivity (Wildman–Crippen MR) is 94.5 cm³/mol. The third-order valence-corrected chi connectivity index (χ3v) is 4.13. The summed E-state index contributed by atoms with van der Waals surface area (Å²) < 4.78 is 0. The van der Waals surface area contributed by atoms with Crippen LogP contribution in [0.2, 0.25) is 0 Å². The summed E-state index contributed by atoms with van der Waals surface area (Å²) in [5, 5.41) is 11.1. The van der Waals surface area contributed by atoms with Crippen LogP contribution in [0.3, 0.4) is 0 Å². The maximum Gasteiger partial charge on any atom is 0.296 e. The summed E-state index contributed by atoms with van der Waals surface area (Å²) in [6.07, 6.45) is 5.41. The standard InChI is InChI=1S/C19H25NO3/c1-4-7-12-10-13(8-5-2)18-17(14(12)9-6-3)15(21)11-16(22)19(23)20-18/h10-11,21H,4-9H2,1-3H3,(H,20,22,23). The van der Waals surface area contributed by atoms with Crippen LogP contribution in [0.5, 0.6) is 5.75 Å². The number of aromatic amines is 1. The van der Waals surface area contributed by atoms with Gasteiger partial charge in [0, 0.05) is 11.5 Å². The van der Waals surface area contributed by atoms with Crippen molar-refractivity contribution in [1.82, 2.24) is 4.98 Å². The van der Waals surface area contributed by atoms with Gasteiger partial charge in [-0.2, -0.15) is 0 Å². The molecule has 4 nitrogen and oxygen atoms in total. The van der Waals surface area contributed by atoms with E-state index in [0.717, 1.165) is 55.7 Å². The molecule has 0 bridgehead atoms. The highest BCUT2D eigenvalue weighted by molar-refractivity contribution is 5.91. The number of benzene rings is 1. The Hall–Kier alpha value is -2.10. The van der Waals surface area contributed by atoms with Gasteiger partial charge in [-0.3, -0.25) is 9.59 Å². The molecule has 2 rings (SSSR count). The Labute approximate surface area is 136 Å². The van der Waals surface area contributed by atoms with Gasteiger partial charge >= 0.3 is 0 Å². The highest BCUT2D eigenvalue weighted by atomic mass is 16.3. The number of fused-ring (bicyclic) bond motifs is 1. The summed E-state index contributed by atoms with van der Waals surface area (Å²) in [6, 6.07) is 3.19. The van der Waals surface area contributed by atoms with Gasteiger partial charge in [-0.05, 0) is 36.0 Å². The second-order valence-electron chi connectivity index (χ2n) is 6.02. The maximum absolute atomic E-state index is 11.9. The smallest absolute Gasteiger partial charge is 0.296 e. The molecule has 124 valence electrons. The van der Waals surface area contributed by atoms with Crippen molar-refractivity contribution in [2.24, 2.45) is 0 Å². The summed E-state index contributed by atoms with van der Waals surface area (Å²) >= 11 is 0. The van der Waals surface area contributed by atoms with Gasteiger partial charge in [0.15, 0.2) is 0 Å². The minimum atomic E-state index is -0.708. The Kier molecular flexibility index (Phi) is 5.59. The van der Waals surface area contributed by atoms with Crippen LogP contribution in [0.15, 0.2) is 21.7 Å². The first-order valence-corrected chi connectivity index (χ1v) is 8.47. The molecule has 0 spiro atoms. The Morgan fingerprint density at radius 3 is 2.13 bits per heavy atom. The molecule has 0 unspecified atom stereocenters. The van der Waals surface area contributed by atoms with Crippen molar-refractivity contribution in [1.29, 1.82) is 0 Å². The molecule has 0 radical (unpaired) electrons. The normalized spacial score (nSPS) is 11.1. The van der Waals surface area contributed by atoms with E-state index in [2.05, 4.69) is 31.8 Å². The first-order valence-electron chi connectivity index (χ1n) is 8.47. The third kappa shape index (κ3) is 3.46. The van der Waals surface area contributed by atoms with E-state index in [1.165, 1.54) is 5.56 Å². The molecular formula is C19H25NO3. The SMILES string of the molecule is CCCc1cc(CCC)c2[nH]c(=O)c(=O)cc(O)c2c1CCC. The zero-order valence-electron chi connectivity index (χ0n) is 14.2. The summed E-state index contributed by atoms with van der Waals surface area (Å²) in [4.78, 5) is 26.5. The Morgan fingerprint density at radius 1 is 0.913 bits per heavy atom. The minimum Gasteiger partial charge on any atom is -0.507 e. The Bertz CT molecular complexity index is 821. The molecule has 0 fully saturated rings. The van der Waals surface area contributed by atoms with Crippen molar-refractivity contribution in [2.45, 2.75) is 59.3 Å². The van der Waals surface area contributed by atoms with E-state index in [1.807, 2.05) is 0 Å². The van der Waals surface area contributed by atoms with Crippen LogP contribution in [0.1, 0.15) is 56.7 Å². The number of rotatable bonds is 6. The van der Waals surface area contributed by atoms with Gasteiger partial charge in [0.2, 0.25) is 5.43 Å². The molecule has 0 aliphatic rings. The third-order valence-electron chi connectivity index (χ3n) is 4.13. The number of aryl methyl sites for hydroxylation is 3. The maximum atomic E-state index is 11.9. The molecule has 2 N–H and O–H groups in total. The second-order valence-corrected chi connectivity index (χ2v) is 6.02. The fourth-order valence-electron chi connectivity index (χ4n) is 3.20. The van der Waals surface area contributed by atoms with E-state index in [9.17, 15) is 14.7 Å². The summed E-state index contributed by atoms with van der Waals surface area (Å²) in [7, 11) is 0. The van der Waals surface area contributed by atoms with Gasteiger partial charge in [0.05, 0.1) is 5.52 Å². The fraction of sp³-hybridized carbons (Fsp3) is 0.474. The zero-order valence-corrected chi connectivity index (χ0v) is 14.2. The van der Waals surface area contributed by atoms with Crippen LogP contribution in [0.25, 0.3) is 10.9 Å². The van der Waals surface area contributed by atoms with E-state index in [4.69, 9.17) is 0 Å². The van der Waals surface area contributed by atoms with Crippen LogP contribution >= 0.6 is 0 Å². The first kappa shape index (κ1) is 17.3. The van der Waals surface area contributed by atoms with Crippen LogP contribution in [-0.4, -0.2) is 10.1 Å². The van der Waals surface area contributed by atoms with Crippen LogP contribution in [0.4, 0.5) is 0 Å². The lowest BCUT2D eigenvalue weighted by Crippen LogP contribution is -2.22. The van der Waals surface area contributed by atoms with Crippen molar-refractivity contribution >= 4 is 10.9 Å². The Balaban J connectivity index is 3.02. The summed E-state index contributed by atoms with van der Waals surface area (Å²) in [6.45, 7) is 6.29. The van der Waals surface area contributed by atoms with Gasteiger partial charge in [-0.1, -0.05) is 46.1 Å². The second kappa shape index (κ2) is 7.44. The lowest BCUT2D eigenvalue weighted by atomic mass is 9.91. The van der Waals surface area contributed by atoms with Gasteiger partial charge in [-0.15, -0.1) is 0 Å². The monoisotopic (exact) mass is 315 g/mol. The predicted octanol–water partition coefficient (Wildman–Crippen LogP) is 3.45. The molecule has 0 atom stereocenters. The molecule has 4 heteroatoms. The molecule has 0 aliphatic carbocycles. The largest absolute Gasteiger partial charge is 0.507 e. The summed E-state index contributed by atoms with van der Waals surface area (Å²) in [5.41, 5.74) is 2.47. The van der Waals surface area contributed by atoms with Crippen LogP contribution in [0, 0.1) is 0 Å². The average molecular weight is 315 g/mol. The molecule has 1 aromatic heterocycles. The fourth-order valence-corrected chi connectivity index (χ4v) is 3.20. The number of nitrogens with one attached hydrogen (secondary N) is 1. The van der Waals surface area contributed by atoms with Crippen molar-refractivity contribution in [3.63, 3.8) is 0 Å². The van der Waals surface area contributed by atoms with Crippen LogP contribution in [-0.2, 0) is 19.3 Å². The van der Waals surface area contributed by atoms with Crippen LogP contribution < -0.4 is 11.0 Å². The number of aromatic hydroxyl groups is 1. The lowest BCUT2D eigenvalue weighted by Gasteiger charge is -2.15. The van der Waals surface area contributed by atoms with Crippen molar-refractivity contribution in [3.05, 3.63) is 49.4 Å². The van der Waals surface area contributed by atoms with Crippen molar-refractivity contribution in [3.8, 4) is 5.75 Å². The number of H-pyrrole nitrogens is 1. The van der Waals surface area contributed by atoms with E-state index in [1.54, 1.807) is 0 Å². The van der Waals surface area contributed by atoms with E-state index >= 15 is 0 Å².